The monoisotopic (exact) mass is 348 g/mol. The number of allylic oxidation sites excluding steroid dienone is 2. The quantitative estimate of drug-likeness (QED) is 0.268. The number of carbonyl (C=O) groups is 2. The smallest absolute Gasteiger partial charge is 0.292 e. The number of hydrogen-bond donors (Lipinski definition) is 0. The van der Waals surface area contributed by atoms with E-state index < -0.39 is 10.5 Å². The third-order valence-electron chi connectivity index (χ3n) is 2.84. The molecule has 4 nitrogen and oxygen atoms in total. The van der Waals surface area contributed by atoms with Crippen LogP contribution in [0, 0.1) is 0 Å². The first kappa shape index (κ1) is 15.4. The summed E-state index contributed by atoms with van der Waals surface area (Å²) < 4.78 is -0.966. The lowest BCUT2D eigenvalue weighted by atomic mass is 9.97. The highest BCUT2D eigenvalue weighted by Gasteiger charge is 2.30. The first-order valence-corrected chi connectivity index (χ1v) is 7.03. The minimum atomic E-state index is -0.966. The fourth-order valence-electron chi connectivity index (χ4n) is 1.73. The summed E-state index contributed by atoms with van der Waals surface area (Å²) in [5, 5.41) is 0. The van der Waals surface area contributed by atoms with Crippen LogP contribution in [0.15, 0.2) is 66.8 Å². The molecule has 0 amide bonds. The van der Waals surface area contributed by atoms with Gasteiger partial charge in [-0.1, -0.05) is 49.1 Å². The molecule has 108 valence electrons. The molecule has 5 heteroatoms. The molecule has 0 heterocycles. The summed E-state index contributed by atoms with van der Waals surface area (Å²) in [6.07, 6.45) is 6.34. The SMILES string of the molecule is C=CC(=O)OOC1(Br)C=CC(C(=O)c2ccccc2)=CC1. The molecule has 0 aliphatic heterocycles. The Morgan fingerprint density at radius 2 is 2.00 bits per heavy atom. The molecule has 0 saturated carbocycles. The summed E-state index contributed by atoms with van der Waals surface area (Å²) in [6, 6.07) is 9.00. The molecule has 0 N–H and O–H groups in total. The van der Waals surface area contributed by atoms with E-state index in [2.05, 4.69) is 27.4 Å². The maximum Gasteiger partial charge on any atom is 0.365 e. The molecule has 21 heavy (non-hydrogen) atoms. The highest BCUT2D eigenvalue weighted by atomic mass is 79.9. The van der Waals surface area contributed by atoms with E-state index in [1.54, 1.807) is 30.4 Å². The molecule has 0 aromatic heterocycles. The second kappa shape index (κ2) is 6.65. The van der Waals surface area contributed by atoms with E-state index in [9.17, 15) is 9.59 Å². The van der Waals surface area contributed by atoms with Gasteiger partial charge in [0.2, 0.25) is 0 Å². The van der Waals surface area contributed by atoms with Gasteiger partial charge < -0.3 is 0 Å². The Labute approximate surface area is 130 Å². The van der Waals surface area contributed by atoms with Crippen LogP contribution in [0.3, 0.4) is 0 Å². The Bertz CT molecular complexity index is 618. The summed E-state index contributed by atoms with van der Waals surface area (Å²) in [4.78, 5) is 32.8. The first-order valence-electron chi connectivity index (χ1n) is 6.24. The molecule has 1 atom stereocenters. The standard InChI is InChI=1S/C16H13BrO4/c1-2-14(18)20-21-16(17)10-8-13(9-11-16)15(19)12-6-4-3-5-7-12/h2-10H,1,11H2. The topological polar surface area (TPSA) is 52.6 Å². The van der Waals surface area contributed by atoms with Crippen LogP contribution < -0.4 is 0 Å². The fraction of sp³-hybridized carbons (Fsp3) is 0.125. The highest BCUT2D eigenvalue weighted by molar-refractivity contribution is 9.10. The van der Waals surface area contributed by atoms with E-state index in [0.717, 1.165) is 6.08 Å². The lowest BCUT2D eigenvalue weighted by Gasteiger charge is -2.23. The molecule has 1 aliphatic rings. The zero-order valence-electron chi connectivity index (χ0n) is 11.1. The maximum atomic E-state index is 12.2. The lowest BCUT2D eigenvalue weighted by molar-refractivity contribution is -0.291. The van der Waals surface area contributed by atoms with Crippen molar-refractivity contribution < 1.29 is 19.4 Å². The predicted octanol–water partition coefficient (Wildman–Crippen LogP) is 3.51. The molecular weight excluding hydrogens is 336 g/mol. The molecule has 2 rings (SSSR count). The fourth-order valence-corrected chi connectivity index (χ4v) is 2.09. The number of carbonyl (C=O) groups excluding carboxylic acids is 2. The van der Waals surface area contributed by atoms with Crippen molar-refractivity contribution >= 4 is 27.7 Å². The van der Waals surface area contributed by atoms with Gasteiger partial charge in [0, 0.05) is 23.6 Å². The molecule has 1 aromatic carbocycles. The third-order valence-corrected chi connectivity index (χ3v) is 3.56. The normalized spacial score (nSPS) is 20.5. The van der Waals surface area contributed by atoms with Crippen molar-refractivity contribution in [3.63, 3.8) is 0 Å². The highest BCUT2D eigenvalue weighted by Crippen LogP contribution is 2.32. The van der Waals surface area contributed by atoms with Crippen LogP contribution in [0.1, 0.15) is 16.8 Å². The molecule has 1 aliphatic carbocycles. The predicted molar refractivity (Wildman–Crippen MR) is 81.6 cm³/mol. The second-order valence-corrected chi connectivity index (χ2v) is 5.71. The molecule has 1 unspecified atom stereocenters. The third kappa shape index (κ3) is 4.00. The summed E-state index contributed by atoms with van der Waals surface area (Å²) in [7, 11) is 0. The van der Waals surface area contributed by atoms with Gasteiger partial charge >= 0.3 is 5.97 Å². The largest absolute Gasteiger partial charge is 0.365 e. The van der Waals surface area contributed by atoms with Crippen molar-refractivity contribution in [2.75, 3.05) is 0 Å². The van der Waals surface area contributed by atoms with Crippen LogP contribution in [0.25, 0.3) is 0 Å². The number of alkyl halides is 1. The number of ketones is 1. The van der Waals surface area contributed by atoms with Crippen molar-refractivity contribution in [3.05, 3.63) is 72.4 Å². The van der Waals surface area contributed by atoms with Crippen LogP contribution >= 0.6 is 15.9 Å². The van der Waals surface area contributed by atoms with Crippen molar-refractivity contribution in [2.45, 2.75) is 10.9 Å². The van der Waals surface area contributed by atoms with Gasteiger partial charge in [-0.25, -0.2) is 4.79 Å². The summed E-state index contributed by atoms with van der Waals surface area (Å²) in [6.45, 7) is 3.27. The molecule has 0 spiro atoms. The van der Waals surface area contributed by atoms with Gasteiger partial charge in [0.05, 0.1) is 0 Å². The van der Waals surface area contributed by atoms with E-state index in [1.165, 1.54) is 0 Å². The number of benzene rings is 1. The van der Waals surface area contributed by atoms with Gasteiger partial charge in [-0.3, -0.25) is 9.68 Å². The number of hydrogen-bond acceptors (Lipinski definition) is 4. The van der Waals surface area contributed by atoms with Crippen molar-refractivity contribution in [1.82, 2.24) is 0 Å². The van der Waals surface area contributed by atoms with Crippen LogP contribution in [-0.2, 0) is 14.6 Å². The van der Waals surface area contributed by atoms with Crippen LogP contribution in [-0.4, -0.2) is 16.3 Å². The van der Waals surface area contributed by atoms with Crippen LogP contribution in [0.5, 0.6) is 0 Å². The Morgan fingerprint density at radius 1 is 1.29 bits per heavy atom. The Kier molecular flexibility index (Phi) is 4.88. The van der Waals surface area contributed by atoms with Gasteiger partial charge in [0.25, 0.3) is 0 Å². The number of halogens is 1. The van der Waals surface area contributed by atoms with Gasteiger partial charge in [-0.05, 0) is 22.0 Å². The van der Waals surface area contributed by atoms with Gasteiger partial charge in [-0.15, -0.1) is 0 Å². The van der Waals surface area contributed by atoms with Crippen molar-refractivity contribution in [2.24, 2.45) is 0 Å². The summed E-state index contributed by atoms with van der Waals surface area (Å²) in [5.74, 6) is -0.748. The first-order chi connectivity index (χ1) is 10.0. The van der Waals surface area contributed by atoms with E-state index in [-0.39, 0.29) is 5.78 Å². The molecule has 0 radical (unpaired) electrons. The van der Waals surface area contributed by atoms with E-state index >= 15 is 0 Å². The second-order valence-electron chi connectivity index (χ2n) is 4.37. The average Bonchev–Trinajstić information content (AvgIpc) is 2.53. The van der Waals surface area contributed by atoms with Crippen LogP contribution in [0.2, 0.25) is 0 Å². The summed E-state index contributed by atoms with van der Waals surface area (Å²) in [5.41, 5.74) is 1.18. The van der Waals surface area contributed by atoms with E-state index in [0.29, 0.717) is 17.6 Å². The Balaban J connectivity index is 2.02. The minimum absolute atomic E-state index is 0.0653. The van der Waals surface area contributed by atoms with Gasteiger partial charge in [0.1, 0.15) is 0 Å². The van der Waals surface area contributed by atoms with Gasteiger partial charge in [-0.2, -0.15) is 4.89 Å². The molecule has 0 saturated heterocycles. The zero-order valence-corrected chi connectivity index (χ0v) is 12.7. The maximum absolute atomic E-state index is 12.2. The Morgan fingerprint density at radius 3 is 2.57 bits per heavy atom. The number of Topliss-reactive ketones (excluding diaryl/α,β-unsaturated/α-hetero) is 1. The molecule has 0 bridgehead atoms. The minimum Gasteiger partial charge on any atom is -0.292 e. The summed E-state index contributed by atoms with van der Waals surface area (Å²) >= 11 is 3.31. The van der Waals surface area contributed by atoms with Crippen molar-refractivity contribution in [3.8, 4) is 0 Å². The Hall–Kier alpha value is -1.98. The van der Waals surface area contributed by atoms with Crippen LogP contribution in [0.4, 0.5) is 0 Å². The van der Waals surface area contributed by atoms with E-state index in [4.69, 9.17) is 4.89 Å². The zero-order chi connectivity index (χ0) is 15.3. The molecule has 0 fully saturated rings. The average molecular weight is 349 g/mol. The molecular formula is C16H13BrO4. The van der Waals surface area contributed by atoms with Gasteiger partial charge in [0.15, 0.2) is 10.3 Å². The lowest BCUT2D eigenvalue weighted by Crippen LogP contribution is -2.25. The van der Waals surface area contributed by atoms with Crippen molar-refractivity contribution in [1.29, 1.82) is 0 Å². The number of rotatable bonds is 5. The van der Waals surface area contributed by atoms with E-state index in [1.807, 2.05) is 18.2 Å². The molecule has 1 aromatic rings.